The Morgan fingerprint density at radius 3 is 2.26 bits per heavy atom. The fourth-order valence-corrected chi connectivity index (χ4v) is 2.75. The highest BCUT2D eigenvalue weighted by Crippen LogP contribution is 2.22. The predicted octanol–water partition coefficient (Wildman–Crippen LogP) is 4.73. The monoisotopic (exact) mass is 272 g/mol. The van der Waals surface area contributed by atoms with E-state index in [4.69, 9.17) is 4.74 Å². The zero-order chi connectivity index (χ0) is 13.5. The first-order chi connectivity index (χ1) is 9.28. The molecule has 1 nitrogen and oxygen atoms in total. The molecule has 0 unspecified atom stereocenters. The van der Waals surface area contributed by atoms with Gasteiger partial charge in [0.15, 0.2) is 0 Å². The Morgan fingerprint density at radius 1 is 0.947 bits per heavy atom. The van der Waals surface area contributed by atoms with E-state index in [1.165, 1.54) is 22.4 Å². The Hall–Kier alpha value is -1.41. The summed E-state index contributed by atoms with van der Waals surface area (Å²) in [5.41, 5.74) is 2.76. The molecule has 0 aliphatic carbocycles. The molecule has 0 amide bonds. The molecule has 0 spiro atoms. The molecule has 0 N–H and O–H groups in total. The summed E-state index contributed by atoms with van der Waals surface area (Å²) in [6.45, 7) is 2.13. The predicted molar refractivity (Wildman–Crippen MR) is 83.2 cm³/mol. The van der Waals surface area contributed by atoms with Crippen molar-refractivity contribution >= 4 is 11.8 Å². The number of hydrogen-bond donors (Lipinski definition) is 0. The number of hydrogen-bond acceptors (Lipinski definition) is 2. The fourth-order valence-electron chi connectivity index (χ4n) is 1.89. The zero-order valence-electron chi connectivity index (χ0n) is 11.6. The molecule has 0 aromatic heterocycles. The van der Waals surface area contributed by atoms with E-state index in [9.17, 15) is 0 Å². The van der Waals surface area contributed by atoms with Gasteiger partial charge in [-0.2, -0.15) is 0 Å². The van der Waals surface area contributed by atoms with Crippen molar-refractivity contribution in [2.45, 2.75) is 24.7 Å². The van der Waals surface area contributed by atoms with Crippen LogP contribution in [-0.2, 0) is 6.42 Å². The molecule has 2 aromatic rings. The second-order valence-corrected chi connectivity index (χ2v) is 5.78. The molecule has 0 radical (unpaired) electrons. The van der Waals surface area contributed by atoms with Gasteiger partial charge in [0, 0.05) is 4.90 Å². The van der Waals surface area contributed by atoms with Gasteiger partial charge in [-0.05, 0) is 55.3 Å². The highest BCUT2D eigenvalue weighted by atomic mass is 32.2. The summed E-state index contributed by atoms with van der Waals surface area (Å²) >= 11 is 1.91. The van der Waals surface area contributed by atoms with Crippen molar-refractivity contribution in [3.05, 3.63) is 59.7 Å². The van der Waals surface area contributed by atoms with Gasteiger partial charge in [0.25, 0.3) is 0 Å². The maximum absolute atomic E-state index is 5.15. The number of methoxy groups -OCH3 is 1. The molecule has 0 fully saturated rings. The van der Waals surface area contributed by atoms with Crippen LogP contribution in [0.1, 0.15) is 17.5 Å². The molecule has 2 aromatic carbocycles. The summed E-state index contributed by atoms with van der Waals surface area (Å²) in [5, 5.41) is 0. The number of ether oxygens (including phenoxy) is 1. The molecule has 19 heavy (non-hydrogen) atoms. The molecule has 0 heterocycles. The molecule has 0 aliphatic rings. The fraction of sp³-hybridized carbons (Fsp3) is 0.294. The molecule has 2 heteroatoms. The summed E-state index contributed by atoms with van der Waals surface area (Å²) in [6.07, 6.45) is 2.36. The normalized spacial score (nSPS) is 10.4. The minimum absolute atomic E-state index is 0.920. The number of aryl methyl sites for hydroxylation is 2. The van der Waals surface area contributed by atoms with E-state index in [0.717, 1.165) is 17.9 Å². The lowest BCUT2D eigenvalue weighted by molar-refractivity contribution is 0.414. The lowest BCUT2D eigenvalue weighted by Crippen LogP contribution is -1.88. The second-order valence-electron chi connectivity index (χ2n) is 4.61. The van der Waals surface area contributed by atoms with Crippen LogP contribution >= 0.6 is 11.8 Å². The van der Waals surface area contributed by atoms with Gasteiger partial charge in [0.1, 0.15) is 5.75 Å². The number of thioether (sulfide) groups is 1. The van der Waals surface area contributed by atoms with E-state index in [-0.39, 0.29) is 0 Å². The molecule has 0 aliphatic heterocycles. The van der Waals surface area contributed by atoms with Crippen molar-refractivity contribution in [1.29, 1.82) is 0 Å². The molecular weight excluding hydrogens is 252 g/mol. The van der Waals surface area contributed by atoms with Crippen LogP contribution in [0.5, 0.6) is 5.75 Å². The van der Waals surface area contributed by atoms with Crippen molar-refractivity contribution in [3.63, 3.8) is 0 Å². The summed E-state index contributed by atoms with van der Waals surface area (Å²) < 4.78 is 5.15. The summed E-state index contributed by atoms with van der Waals surface area (Å²) in [7, 11) is 1.70. The Labute approximate surface area is 120 Å². The Morgan fingerprint density at radius 2 is 1.63 bits per heavy atom. The van der Waals surface area contributed by atoms with Gasteiger partial charge in [-0.3, -0.25) is 0 Å². The smallest absolute Gasteiger partial charge is 0.118 e. The Balaban J connectivity index is 1.72. The zero-order valence-corrected chi connectivity index (χ0v) is 12.4. The number of rotatable bonds is 6. The minimum atomic E-state index is 0.920. The first-order valence-corrected chi connectivity index (χ1v) is 7.59. The highest BCUT2D eigenvalue weighted by molar-refractivity contribution is 7.99. The molecule has 0 saturated heterocycles. The van der Waals surface area contributed by atoms with E-state index in [1.807, 2.05) is 23.9 Å². The third-order valence-corrected chi connectivity index (χ3v) is 4.16. The highest BCUT2D eigenvalue weighted by Gasteiger charge is 1.97. The summed E-state index contributed by atoms with van der Waals surface area (Å²) in [6, 6.07) is 17.1. The van der Waals surface area contributed by atoms with Gasteiger partial charge >= 0.3 is 0 Å². The van der Waals surface area contributed by atoms with Crippen LogP contribution in [0.15, 0.2) is 53.4 Å². The Kier molecular flexibility index (Phi) is 5.34. The van der Waals surface area contributed by atoms with Gasteiger partial charge in [0.2, 0.25) is 0 Å². The third-order valence-electron chi connectivity index (χ3n) is 3.06. The van der Waals surface area contributed by atoms with Crippen molar-refractivity contribution in [2.75, 3.05) is 12.9 Å². The van der Waals surface area contributed by atoms with Gasteiger partial charge < -0.3 is 4.74 Å². The quantitative estimate of drug-likeness (QED) is 0.555. The third kappa shape index (κ3) is 4.64. The Bertz CT molecular complexity index is 488. The molecule has 0 atom stereocenters. The topological polar surface area (TPSA) is 9.23 Å². The van der Waals surface area contributed by atoms with Crippen molar-refractivity contribution in [2.24, 2.45) is 0 Å². The molecule has 100 valence electrons. The first-order valence-electron chi connectivity index (χ1n) is 6.60. The lowest BCUT2D eigenvalue weighted by atomic mass is 10.1. The number of benzene rings is 2. The van der Waals surface area contributed by atoms with Crippen molar-refractivity contribution in [1.82, 2.24) is 0 Å². The maximum Gasteiger partial charge on any atom is 0.118 e. The minimum Gasteiger partial charge on any atom is -0.497 e. The molecule has 0 bridgehead atoms. The van der Waals surface area contributed by atoms with Gasteiger partial charge in [-0.15, -0.1) is 11.8 Å². The SMILES string of the molecule is COc1ccc(SCCCc2ccc(C)cc2)cc1. The van der Waals surface area contributed by atoms with Crippen LogP contribution in [-0.4, -0.2) is 12.9 Å². The van der Waals surface area contributed by atoms with Crippen LogP contribution in [0.4, 0.5) is 0 Å². The molecular formula is C17H20OS. The average Bonchev–Trinajstić information content (AvgIpc) is 2.46. The lowest BCUT2D eigenvalue weighted by Gasteiger charge is -2.04. The second kappa shape index (κ2) is 7.25. The van der Waals surface area contributed by atoms with Crippen LogP contribution in [0.25, 0.3) is 0 Å². The first kappa shape index (κ1) is 14.0. The van der Waals surface area contributed by atoms with E-state index < -0.39 is 0 Å². The van der Waals surface area contributed by atoms with E-state index in [2.05, 4.69) is 43.3 Å². The van der Waals surface area contributed by atoms with Crippen LogP contribution in [0, 0.1) is 6.92 Å². The molecule has 0 saturated carbocycles. The van der Waals surface area contributed by atoms with Gasteiger partial charge in [-0.1, -0.05) is 29.8 Å². The van der Waals surface area contributed by atoms with Gasteiger partial charge in [-0.25, -0.2) is 0 Å². The maximum atomic E-state index is 5.15. The van der Waals surface area contributed by atoms with Crippen LogP contribution in [0.2, 0.25) is 0 Å². The van der Waals surface area contributed by atoms with Gasteiger partial charge in [0.05, 0.1) is 7.11 Å². The van der Waals surface area contributed by atoms with E-state index in [0.29, 0.717) is 0 Å². The van der Waals surface area contributed by atoms with Crippen LogP contribution in [0.3, 0.4) is 0 Å². The van der Waals surface area contributed by atoms with E-state index >= 15 is 0 Å². The van der Waals surface area contributed by atoms with E-state index in [1.54, 1.807) is 7.11 Å². The molecule has 2 rings (SSSR count). The standard InChI is InChI=1S/C17H20OS/c1-14-5-7-15(8-6-14)4-3-13-19-17-11-9-16(18-2)10-12-17/h5-12H,3-4,13H2,1-2H3. The summed E-state index contributed by atoms with van der Waals surface area (Å²) in [5.74, 6) is 2.07. The summed E-state index contributed by atoms with van der Waals surface area (Å²) in [4.78, 5) is 1.31. The van der Waals surface area contributed by atoms with Crippen molar-refractivity contribution < 1.29 is 4.74 Å². The van der Waals surface area contributed by atoms with Crippen molar-refractivity contribution in [3.8, 4) is 5.75 Å². The average molecular weight is 272 g/mol. The van der Waals surface area contributed by atoms with Crippen LogP contribution < -0.4 is 4.74 Å². The largest absolute Gasteiger partial charge is 0.497 e.